The van der Waals surface area contributed by atoms with Gasteiger partial charge in [0.15, 0.2) is 5.82 Å². The van der Waals surface area contributed by atoms with Crippen molar-refractivity contribution in [3.05, 3.63) is 40.8 Å². The minimum atomic E-state index is -4.38. The van der Waals surface area contributed by atoms with E-state index in [4.69, 9.17) is 4.74 Å². The Morgan fingerprint density at radius 1 is 1.24 bits per heavy atom. The lowest BCUT2D eigenvalue weighted by Crippen LogP contribution is -2.19. The largest absolute Gasteiger partial charge is 0.491 e. The molecule has 0 N–H and O–H groups in total. The van der Waals surface area contributed by atoms with Gasteiger partial charge in [-0.1, -0.05) is 15.9 Å². The monoisotopic (exact) mass is 413 g/mol. The lowest BCUT2D eigenvalue weighted by Gasteiger charge is -2.09. The zero-order valence-corrected chi connectivity index (χ0v) is 14.3. The molecule has 25 heavy (non-hydrogen) atoms. The van der Waals surface area contributed by atoms with Crippen molar-refractivity contribution < 1.29 is 17.9 Å². The first-order valence-electron chi connectivity index (χ1n) is 7.37. The van der Waals surface area contributed by atoms with Crippen LogP contribution in [0.5, 0.6) is 5.75 Å². The van der Waals surface area contributed by atoms with Gasteiger partial charge in [0.05, 0.1) is 6.61 Å². The molecular formula is C15H11BrF3N5O. The van der Waals surface area contributed by atoms with Crippen molar-refractivity contribution in [2.45, 2.75) is 19.1 Å². The second-order valence-corrected chi connectivity index (χ2v) is 6.42. The molecule has 0 radical (unpaired) electrons. The molecule has 0 unspecified atom stereocenters. The number of fused-ring (bicyclic) bond motifs is 3. The summed E-state index contributed by atoms with van der Waals surface area (Å²) in [5.74, 6) is 0.740. The maximum atomic E-state index is 12.7. The van der Waals surface area contributed by atoms with Crippen molar-refractivity contribution in [1.29, 1.82) is 0 Å². The third-order valence-corrected chi connectivity index (χ3v) is 4.21. The first-order chi connectivity index (χ1) is 11.9. The minimum absolute atomic E-state index is 0.0790. The van der Waals surface area contributed by atoms with Crippen LogP contribution in [0.15, 0.2) is 35.1 Å². The molecule has 0 aliphatic carbocycles. The molecular weight excluding hydrogens is 403 g/mol. The van der Waals surface area contributed by atoms with E-state index in [1.165, 1.54) is 0 Å². The fourth-order valence-electron chi connectivity index (χ4n) is 2.71. The van der Waals surface area contributed by atoms with Gasteiger partial charge >= 0.3 is 6.18 Å². The molecule has 1 aliphatic heterocycles. The second kappa shape index (κ2) is 5.87. The highest BCUT2D eigenvalue weighted by Gasteiger charge is 2.30. The number of rotatable bonds is 2. The Morgan fingerprint density at radius 2 is 2.08 bits per heavy atom. The lowest BCUT2D eigenvalue weighted by atomic mass is 10.2. The summed E-state index contributed by atoms with van der Waals surface area (Å²) in [6.07, 6.45) is -2.71. The molecule has 2 aromatic heterocycles. The summed E-state index contributed by atoms with van der Waals surface area (Å²) >= 11 is 3.41. The van der Waals surface area contributed by atoms with Gasteiger partial charge in [0.2, 0.25) is 0 Å². The first-order valence-corrected chi connectivity index (χ1v) is 8.16. The molecule has 6 nitrogen and oxygen atoms in total. The topological polar surface area (TPSA) is 57.8 Å². The molecule has 1 aromatic carbocycles. The third-order valence-electron chi connectivity index (χ3n) is 3.72. The minimum Gasteiger partial charge on any atom is -0.491 e. The molecule has 0 spiro atoms. The van der Waals surface area contributed by atoms with E-state index in [1.807, 2.05) is 18.2 Å². The molecule has 0 saturated carbocycles. The summed E-state index contributed by atoms with van der Waals surface area (Å²) in [5.41, 5.74) is 1.88. The Hall–Kier alpha value is -2.36. The summed E-state index contributed by atoms with van der Waals surface area (Å²) < 4.78 is 47.1. The van der Waals surface area contributed by atoms with E-state index in [2.05, 4.69) is 31.1 Å². The Balaban J connectivity index is 1.80. The zero-order valence-electron chi connectivity index (χ0n) is 12.7. The SMILES string of the molecule is FC(F)(F)Cn1ncnc1-c1cc2n(n1)-c1cc(Br)ccc1OCC2. The molecule has 0 saturated heterocycles. The van der Waals surface area contributed by atoms with Gasteiger partial charge in [-0.2, -0.15) is 23.4 Å². The van der Waals surface area contributed by atoms with Gasteiger partial charge in [-0.25, -0.2) is 14.3 Å². The van der Waals surface area contributed by atoms with Gasteiger partial charge in [-0.05, 0) is 24.3 Å². The molecule has 0 fully saturated rings. The van der Waals surface area contributed by atoms with Gasteiger partial charge in [0, 0.05) is 16.6 Å². The van der Waals surface area contributed by atoms with E-state index in [0.717, 1.165) is 26.9 Å². The molecule has 1 aliphatic rings. The second-order valence-electron chi connectivity index (χ2n) is 5.50. The number of benzene rings is 1. The molecule has 0 atom stereocenters. The highest BCUT2D eigenvalue weighted by molar-refractivity contribution is 9.10. The van der Waals surface area contributed by atoms with Crippen LogP contribution < -0.4 is 4.74 Å². The first kappa shape index (κ1) is 16.1. The molecule has 130 valence electrons. The highest BCUT2D eigenvalue weighted by atomic mass is 79.9. The third kappa shape index (κ3) is 3.13. The number of alkyl halides is 3. The van der Waals surface area contributed by atoms with E-state index < -0.39 is 12.7 Å². The molecule has 4 rings (SSSR count). The number of hydrogen-bond donors (Lipinski definition) is 0. The average molecular weight is 414 g/mol. The van der Waals surface area contributed by atoms with Crippen molar-refractivity contribution in [1.82, 2.24) is 24.5 Å². The molecule has 3 aromatic rings. The van der Waals surface area contributed by atoms with Crippen LogP contribution >= 0.6 is 15.9 Å². The number of nitrogens with zero attached hydrogens (tertiary/aromatic N) is 5. The van der Waals surface area contributed by atoms with Crippen molar-refractivity contribution in [2.75, 3.05) is 6.61 Å². The summed E-state index contributed by atoms with van der Waals surface area (Å²) in [7, 11) is 0. The fourth-order valence-corrected chi connectivity index (χ4v) is 3.06. The maximum absolute atomic E-state index is 12.7. The predicted octanol–water partition coefficient (Wildman–Crippen LogP) is 3.39. The molecule has 0 amide bonds. The van der Waals surface area contributed by atoms with Crippen LogP contribution in [-0.2, 0) is 13.0 Å². The van der Waals surface area contributed by atoms with Crippen LogP contribution in [0.2, 0.25) is 0 Å². The highest BCUT2D eigenvalue weighted by Crippen LogP contribution is 2.32. The normalized spacial score (nSPS) is 13.8. The van der Waals surface area contributed by atoms with E-state index >= 15 is 0 Å². The summed E-state index contributed by atoms with van der Waals surface area (Å²) in [6, 6.07) is 7.24. The average Bonchev–Trinajstić information content (AvgIpc) is 3.10. The van der Waals surface area contributed by atoms with Crippen LogP contribution in [0, 0.1) is 0 Å². The number of hydrogen-bond acceptors (Lipinski definition) is 4. The Kier molecular flexibility index (Phi) is 3.78. The lowest BCUT2D eigenvalue weighted by molar-refractivity contribution is -0.142. The van der Waals surface area contributed by atoms with E-state index in [-0.39, 0.29) is 5.82 Å². The van der Waals surface area contributed by atoms with E-state index in [1.54, 1.807) is 10.7 Å². The summed E-state index contributed by atoms with van der Waals surface area (Å²) in [4.78, 5) is 3.95. The summed E-state index contributed by atoms with van der Waals surface area (Å²) in [6.45, 7) is -0.759. The van der Waals surface area contributed by atoms with E-state index in [9.17, 15) is 13.2 Å². The Labute approximate surface area is 148 Å². The molecule has 0 bridgehead atoms. The van der Waals surface area contributed by atoms with Crippen molar-refractivity contribution in [3.8, 4) is 23.0 Å². The Morgan fingerprint density at radius 3 is 2.88 bits per heavy atom. The molecule has 3 heterocycles. The molecule has 10 heteroatoms. The number of halogens is 4. The maximum Gasteiger partial charge on any atom is 0.408 e. The van der Waals surface area contributed by atoms with Gasteiger partial charge in [0.25, 0.3) is 0 Å². The predicted molar refractivity (Wildman–Crippen MR) is 85.5 cm³/mol. The number of aromatic nitrogens is 5. The quantitative estimate of drug-likeness (QED) is 0.645. The van der Waals surface area contributed by atoms with Crippen molar-refractivity contribution in [2.24, 2.45) is 0 Å². The fraction of sp³-hybridized carbons (Fsp3) is 0.267. The van der Waals surface area contributed by atoms with Crippen LogP contribution in [0.4, 0.5) is 13.2 Å². The zero-order chi connectivity index (χ0) is 17.6. The van der Waals surface area contributed by atoms with E-state index in [0.29, 0.717) is 24.5 Å². The van der Waals surface area contributed by atoms with Gasteiger partial charge < -0.3 is 4.74 Å². The van der Waals surface area contributed by atoms with Crippen LogP contribution in [0.1, 0.15) is 5.69 Å². The van der Waals surface area contributed by atoms with Gasteiger partial charge in [0.1, 0.15) is 30.0 Å². The van der Waals surface area contributed by atoms with Crippen molar-refractivity contribution >= 4 is 15.9 Å². The van der Waals surface area contributed by atoms with Crippen LogP contribution in [-0.4, -0.2) is 37.3 Å². The van der Waals surface area contributed by atoms with Crippen LogP contribution in [0.25, 0.3) is 17.2 Å². The summed E-state index contributed by atoms with van der Waals surface area (Å²) in [5, 5.41) is 8.12. The van der Waals surface area contributed by atoms with Gasteiger partial charge in [-0.3, -0.25) is 0 Å². The van der Waals surface area contributed by atoms with Gasteiger partial charge in [-0.15, -0.1) is 0 Å². The smallest absolute Gasteiger partial charge is 0.408 e. The number of ether oxygens (including phenoxy) is 1. The standard InChI is InChI=1S/C15H11BrF3N5O/c16-9-1-2-13-12(5-9)24-10(3-4-25-13)6-11(22-24)14-20-8-21-23(14)7-15(17,18)19/h1-2,5-6,8H,3-4,7H2. The Bertz CT molecular complexity index is 934. The van der Waals surface area contributed by atoms with Crippen LogP contribution in [0.3, 0.4) is 0 Å². The van der Waals surface area contributed by atoms with Crippen molar-refractivity contribution in [3.63, 3.8) is 0 Å².